The highest BCUT2D eigenvalue weighted by atomic mass is 28.4. The van der Waals surface area contributed by atoms with Crippen LogP contribution in [0.4, 0.5) is 0 Å². The largest absolute Gasteiger partial charge is 0.410 e. The number of ether oxygens (including phenoxy) is 2. The average molecular weight is 333 g/mol. The molecule has 21 heavy (non-hydrogen) atoms. The van der Waals surface area contributed by atoms with Crippen molar-refractivity contribution in [3.63, 3.8) is 0 Å². The quantitative estimate of drug-likeness (QED) is 0.480. The summed E-state index contributed by atoms with van der Waals surface area (Å²) in [4.78, 5) is 2.53. The molecule has 0 N–H and O–H groups in total. The van der Waals surface area contributed by atoms with Crippen molar-refractivity contribution >= 4 is 17.1 Å². The van der Waals surface area contributed by atoms with Crippen LogP contribution in [0.1, 0.15) is 26.7 Å². The maximum Gasteiger partial charge on any atom is 0.201 e. The maximum absolute atomic E-state index is 6.32. The van der Waals surface area contributed by atoms with Gasteiger partial charge in [0, 0.05) is 25.9 Å². The third-order valence-corrected chi connectivity index (χ3v) is 7.26. The molecule has 0 aromatic carbocycles. The zero-order valence-corrected chi connectivity index (χ0v) is 16.8. The lowest BCUT2D eigenvalue weighted by Gasteiger charge is -2.45. The Morgan fingerprint density at radius 3 is 2.62 bits per heavy atom. The van der Waals surface area contributed by atoms with Crippen LogP contribution in [0.2, 0.25) is 26.2 Å². The Hall–Kier alpha value is 0.274. The van der Waals surface area contributed by atoms with Crippen LogP contribution in [0.15, 0.2) is 0 Å². The van der Waals surface area contributed by atoms with E-state index < -0.39 is 17.1 Å². The van der Waals surface area contributed by atoms with Gasteiger partial charge in [0.25, 0.3) is 0 Å². The fraction of sp³-hybridized carbons (Fsp3) is 1.00. The second-order valence-corrected chi connectivity index (χ2v) is 13.5. The van der Waals surface area contributed by atoms with Gasteiger partial charge in [0.2, 0.25) is 8.32 Å². The minimum absolute atomic E-state index is 0.210. The molecule has 1 saturated heterocycles. The molecule has 125 valence electrons. The Labute approximate surface area is 133 Å². The van der Waals surface area contributed by atoms with Gasteiger partial charge in [0.1, 0.15) is 0 Å². The van der Waals surface area contributed by atoms with Gasteiger partial charge in [0.05, 0.1) is 27.4 Å². The van der Waals surface area contributed by atoms with Gasteiger partial charge >= 0.3 is 0 Å². The monoisotopic (exact) mass is 332 g/mol. The topological polar surface area (TPSA) is 30.9 Å². The van der Waals surface area contributed by atoms with E-state index in [0.29, 0.717) is 5.85 Å². The summed E-state index contributed by atoms with van der Waals surface area (Å²) in [7, 11) is -2.15. The van der Waals surface area contributed by atoms with Crippen LogP contribution in [0.25, 0.3) is 0 Å². The van der Waals surface area contributed by atoms with Gasteiger partial charge in [-0.25, -0.2) is 0 Å². The normalized spacial score (nSPS) is 24.4. The fourth-order valence-electron chi connectivity index (χ4n) is 2.86. The molecule has 0 bridgehead atoms. The van der Waals surface area contributed by atoms with Crippen molar-refractivity contribution in [2.75, 3.05) is 32.5 Å². The van der Waals surface area contributed by atoms with Crippen LogP contribution in [-0.4, -0.2) is 66.5 Å². The Balaban J connectivity index is 2.59. The van der Waals surface area contributed by atoms with Crippen molar-refractivity contribution in [1.29, 1.82) is 0 Å². The van der Waals surface area contributed by atoms with E-state index in [1.807, 2.05) is 0 Å². The molecule has 1 radical (unpaired) electrons. The van der Waals surface area contributed by atoms with Crippen LogP contribution in [0.3, 0.4) is 0 Å². The van der Waals surface area contributed by atoms with E-state index in [0.717, 1.165) is 39.0 Å². The summed E-state index contributed by atoms with van der Waals surface area (Å²) in [5.41, 5.74) is 0. The number of nitrogens with zero attached hydrogens (tertiary/aromatic N) is 1. The number of hydrogen-bond acceptors (Lipinski definition) is 4. The maximum atomic E-state index is 6.32. The molecule has 6 heteroatoms. The predicted molar refractivity (Wildman–Crippen MR) is 92.6 cm³/mol. The second-order valence-electron chi connectivity index (χ2n) is 6.74. The second kappa shape index (κ2) is 9.42. The molecular weight excluding hydrogens is 298 g/mol. The molecule has 0 aromatic heterocycles. The van der Waals surface area contributed by atoms with Gasteiger partial charge in [0.15, 0.2) is 0 Å². The van der Waals surface area contributed by atoms with E-state index in [9.17, 15) is 0 Å². The molecule has 0 saturated carbocycles. The molecule has 1 fully saturated rings. The molecule has 1 aliphatic rings. The van der Waals surface area contributed by atoms with Crippen LogP contribution in [0.5, 0.6) is 0 Å². The zero-order chi connectivity index (χ0) is 15.9. The van der Waals surface area contributed by atoms with Gasteiger partial charge in [-0.15, -0.1) is 0 Å². The lowest BCUT2D eigenvalue weighted by atomic mass is 10.3. The van der Waals surface area contributed by atoms with Gasteiger partial charge in [-0.05, 0) is 26.4 Å². The van der Waals surface area contributed by atoms with E-state index in [1.54, 1.807) is 0 Å². The molecule has 0 aromatic rings. The Morgan fingerprint density at radius 2 is 2.05 bits per heavy atom. The molecule has 1 aliphatic heterocycles. The number of rotatable bonds is 9. The first kappa shape index (κ1) is 19.3. The Bertz CT molecular complexity index is 290. The van der Waals surface area contributed by atoms with E-state index in [4.69, 9.17) is 13.9 Å². The van der Waals surface area contributed by atoms with Gasteiger partial charge < -0.3 is 13.9 Å². The molecular formula is C15H34NO3Si2. The van der Waals surface area contributed by atoms with E-state index in [-0.39, 0.29) is 6.10 Å². The summed E-state index contributed by atoms with van der Waals surface area (Å²) in [6.45, 7) is 16.9. The van der Waals surface area contributed by atoms with E-state index >= 15 is 0 Å². The Morgan fingerprint density at radius 1 is 1.33 bits per heavy atom. The van der Waals surface area contributed by atoms with Crippen LogP contribution < -0.4 is 0 Å². The standard InChI is InChI=1S/C15H34NO3Si2/c1-7-9-10-17-12-14-11-16(13-21(5,6)19-14)15(18-8-2)20(3)4/h14-15H,7-13H2,1-6H3. The highest BCUT2D eigenvalue weighted by molar-refractivity contribution is 6.71. The van der Waals surface area contributed by atoms with E-state index in [2.05, 4.69) is 44.9 Å². The molecule has 0 amide bonds. The first-order chi connectivity index (χ1) is 9.89. The fourth-order valence-corrected chi connectivity index (χ4v) is 6.86. The summed E-state index contributed by atoms with van der Waals surface area (Å²) in [6.07, 6.45) is 3.60. The minimum atomic E-state index is -1.64. The third kappa shape index (κ3) is 6.92. The Kier molecular flexibility index (Phi) is 8.67. The lowest BCUT2D eigenvalue weighted by Crippen LogP contribution is -2.62. The van der Waals surface area contributed by atoms with Crippen molar-refractivity contribution in [2.24, 2.45) is 0 Å². The summed E-state index contributed by atoms with van der Waals surface area (Å²) in [6, 6.07) is 0. The zero-order valence-electron chi connectivity index (χ0n) is 14.8. The van der Waals surface area contributed by atoms with Crippen LogP contribution in [0, 0.1) is 0 Å². The number of hydrogen-bond donors (Lipinski definition) is 0. The first-order valence-electron chi connectivity index (χ1n) is 8.31. The molecule has 0 spiro atoms. The third-order valence-electron chi connectivity index (χ3n) is 3.60. The van der Waals surface area contributed by atoms with Gasteiger partial charge in [-0.3, -0.25) is 4.90 Å². The lowest BCUT2D eigenvalue weighted by molar-refractivity contribution is -0.0499. The molecule has 2 atom stereocenters. The van der Waals surface area contributed by atoms with Crippen LogP contribution in [-0.2, 0) is 13.9 Å². The SMILES string of the molecule is CCCCOCC1CN(C(OCC)[Si](C)C)C[Si](C)(C)O1. The molecule has 1 heterocycles. The summed E-state index contributed by atoms with van der Waals surface area (Å²) in [5.74, 6) is 0.300. The molecule has 4 nitrogen and oxygen atoms in total. The average Bonchev–Trinajstić information content (AvgIpc) is 2.39. The van der Waals surface area contributed by atoms with Crippen molar-refractivity contribution < 1.29 is 13.9 Å². The van der Waals surface area contributed by atoms with Gasteiger partial charge in [-0.1, -0.05) is 26.4 Å². The summed E-state index contributed by atoms with van der Waals surface area (Å²) in [5, 5.41) is 0. The highest BCUT2D eigenvalue weighted by Crippen LogP contribution is 2.21. The summed E-state index contributed by atoms with van der Waals surface area (Å²) < 4.78 is 18.1. The smallest absolute Gasteiger partial charge is 0.201 e. The highest BCUT2D eigenvalue weighted by Gasteiger charge is 2.39. The van der Waals surface area contributed by atoms with Crippen molar-refractivity contribution in [3.8, 4) is 0 Å². The van der Waals surface area contributed by atoms with Gasteiger partial charge in [-0.2, -0.15) is 0 Å². The molecule has 1 rings (SSSR count). The first-order valence-corrected chi connectivity index (χ1v) is 14.0. The number of unbranched alkanes of at least 4 members (excludes halogenated alkanes) is 1. The van der Waals surface area contributed by atoms with Crippen LogP contribution >= 0.6 is 0 Å². The van der Waals surface area contributed by atoms with Crippen molar-refractivity contribution in [1.82, 2.24) is 4.90 Å². The molecule has 2 unspecified atom stereocenters. The summed E-state index contributed by atoms with van der Waals surface area (Å²) >= 11 is 0. The predicted octanol–water partition coefficient (Wildman–Crippen LogP) is 2.90. The minimum Gasteiger partial charge on any atom is -0.410 e. The van der Waals surface area contributed by atoms with Crippen molar-refractivity contribution in [2.45, 2.75) is 64.8 Å². The van der Waals surface area contributed by atoms with E-state index in [1.165, 1.54) is 6.42 Å². The molecule has 0 aliphatic carbocycles. The van der Waals surface area contributed by atoms with Crippen molar-refractivity contribution in [3.05, 3.63) is 0 Å².